The van der Waals surface area contributed by atoms with E-state index in [2.05, 4.69) is 16.1 Å². The Bertz CT molecular complexity index is 339. The van der Waals surface area contributed by atoms with Crippen LogP contribution in [0.1, 0.15) is 0 Å². The molecule has 7 nitrogen and oxygen atoms in total. The van der Waals surface area contributed by atoms with Crippen LogP contribution >= 0.6 is 0 Å². The van der Waals surface area contributed by atoms with E-state index in [0.29, 0.717) is 0 Å². The van der Waals surface area contributed by atoms with Crippen molar-refractivity contribution in [1.29, 1.82) is 0 Å². The monoisotopic (exact) mass is 212 g/mol. The molecule has 0 radical (unpaired) electrons. The van der Waals surface area contributed by atoms with Gasteiger partial charge in [-0.1, -0.05) is 4.58 Å². The summed E-state index contributed by atoms with van der Waals surface area (Å²) in [7, 11) is 0. The third-order valence-electron chi connectivity index (χ3n) is 1.63. The molecule has 0 atom stereocenters. The van der Waals surface area contributed by atoms with Crippen LogP contribution in [0.3, 0.4) is 0 Å². The Hall–Kier alpha value is -1.86. The number of nitrogens with two attached hydrogens (primary N) is 1. The van der Waals surface area contributed by atoms with Crippen LogP contribution in [0.4, 0.5) is 0 Å². The molecule has 1 aliphatic heterocycles. The Morgan fingerprint density at radius 2 is 2.07 bits per heavy atom. The molecule has 0 unspecified atom stereocenters. The van der Waals surface area contributed by atoms with Crippen LogP contribution in [0.15, 0.2) is 12.2 Å². The lowest BCUT2D eigenvalue weighted by Gasteiger charge is -1.97. The van der Waals surface area contributed by atoms with Gasteiger partial charge >= 0.3 is 11.8 Å². The zero-order valence-corrected chi connectivity index (χ0v) is 7.80. The average molecular weight is 212 g/mol. The lowest BCUT2D eigenvalue weighted by Crippen LogP contribution is -2.33. The molecule has 1 heterocycles. The molecule has 15 heavy (non-hydrogen) atoms. The summed E-state index contributed by atoms with van der Waals surface area (Å²) in [5.74, 6) is 3.38. The fourth-order valence-corrected chi connectivity index (χ4v) is 0.969. The largest absolute Gasteiger partial charge is 0.420 e. The Balaban J connectivity index is 2.42. The van der Waals surface area contributed by atoms with Gasteiger partial charge in [0, 0.05) is 0 Å². The summed E-state index contributed by atoms with van der Waals surface area (Å²) in [6.07, 6.45) is 3.59. The molecule has 0 aromatic heterocycles. The standard InChI is InChI=1S/C8H9N3O4/c9-15-5-6(12)10-3-4-11-7(13)1-2-8(11)14/h1-2,4H,3,5,9H2/p+1. The Labute approximate surface area is 85.1 Å². The fourth-order valence-electron chi connectivity index (χ4n) is 0.969. The van der Waals surface area contributed by atoms with Crippen LogP contribution in [0, 0.1) is 0 Å². The second-order valence-electron chi connectivity index (χ2n) is 2.68. The number of rotatable bonds is 4. The lowest BCUT2D eigenvalue weighted by atomic mass is 10.5. The predicted molar refractivity (Wildman–Crippen MR) is 48.6 cm³/mol. The zero-order valence-electron chi connectivity index (χ0n) is 7.80. The topological polar surface area (TPSA) is 102 Å². The van der Waals surface area contributed by atoms with E-state index in [4.69, 9.17) is 0 Å². The van der Waals surface area contributed by atoms with Crippen molar-refractivity contribution in [2.75, 3.05) is 13.2 Å². The molecule has 0 aliphatic carbocycles. The van der Waals surface area contributed by atoms with E-state index in [9.17, 15) is 14.4 Å². The van der Waals surface area contributed by atoms with Crippen molar-refractivity contribution in [3.05, 3.63) is 12.2 Å². The van der Waals surface area contributed by atoms with E-state index < -0.39 is 17.7 Å². The molecule has 3 amide bonds. The van der Waals surface area contributed by atoms with Gasteiger partial charge in [-0.25, -0.2) is 15.5 Å². The van der Waals surface area contributed by atoms with Crippen molar-refractivity contribution in [2.24, 2.45) is 5.90 Å². The van der Waals surface area contributed by atoms with Crippen LogP contribution in [0.2, 0.25) is 0 Å². The minimum absolute atomic E-state index is 0.0569. The maximum atomic E-state index is 11.0. The van der Waals surface area contributed by atoms with Gasteiger partial charge in [0.05, 0.1) is 18.7 Å². The number of carbonyl (C=O) groups is 3. The van der Waals surface area contributed by atoms with Gasteiger partial charge in [0.1, 0.15) is 6.61 Å². The highest BCUT2D eigenvalue weighted by Gasteiger charge is 2.28. The maximum absolute atomic E-state index is 11.0. The Kier molecular flexibility index (Phi) is 3.83. The predicted octanol–water partition coefficient (Wildman–Crippen LogP) is -2.30. The minimum atomic E-state index is -0.430. The number of nitrogens with zero attached hydrogens (tertiary/aromatic N) is 1. The number of hydrogen-bond donors (Lipinski definition) is 2. The second kappa shape index (κ2) is 5.13. The summed E-state index contributed by atoms with van der Waals surface area (Å²) in [5.41, 5.74) is 0. The molecule has 80 valence electrons. The number of carbonyl (C=O) groups excluding carboxylic acids is 3. The van der Waals surface area contributed by atoms with Crippen molar-refractivity contribution in [2.45, 2.75) is 0 Å². The van der Waals surface area contributed by atoms with E-state index in [-0.39, 0.29) is 13.2 Å². The summed E-state index contributed by atoms with van der Waals surface area (Å²) in [5, 5.41) is 2.38. The molecule has 0 aromatic rings. The zero-order chi connectivity index (χ0) is 11.3. The van der Waals surface area contributed by atoms with Crippen LogP contribution in [0.25, 0.3) is 0 Å². The SMILES string of the molecule is NOCC(=O)NCC=[N+]1C(=O)C=CC1=O. The Morgan fingerprint density at radius 3 is 2.60 bits per heavy atom. The van der Waals surface area contributed by atoms with Crippen molar-refractivity contribution >= 4 is 23.9 Å². The Morgan fingerprint density at radius 1 is 1.47 bits per heavy atom. The highest BCUT2D eigenvalue weighted by molar-refractivity contribution is 6.04. The highest BCUT2D eigenvalue weighted by Crippen LogP contribution is 1.93. The van der Waals surface area contributed by atoms with Gasteiger partial charge in [-0.2, -0.15) is 0 Å². The summed E-state index contributed by atoms with van der Waals surface area (Å²) < 4.78 is 0.906. The normalized spacial score (nSPS) is 14.6. The third kappa shape index (κ3) is 3.08. The van der Waals surface area contributed by atoms with Crippen molar-refractivity contribution in [1.82, 2.24) is 5.32 Å². The third-order valence-corrected chi connectivity index (χ3v) is 1.63. The summed E-state index contributed by atoms with van der Waals surface area (Å²) in [6, 6.07) is 0. The van der Waals surface area contributed by atoms with Gasteiger partial charge in [-0.15, -0.1) is 0 Å². The van der Waals surface area contributed by atoms with Gasteiger partial charge in [0.15, 0.2) is 6.21 Å². The summed E-state index contributed by atoms with van der Waals surface area (Å²) in [6.45, 7) is -0.213. The van der Waals surface area contributed by atoms with Gasteiger partial charge in [-0.05, 0) is 0 Å². The highest BCUT2D eigenvalue weighted by atomic mass is 16.6. The van der Waals surface area contributed by atoms with Gasteiger partial charge in [0.25, 0.3) is 0 Å². The summed E-state index contributed by atoms with van der Waals surface area (Å²) >= 11 is 0. The van der Waals surface area contributed by atoms with Gasteiger partial charge in [0.2, 0.25) is 5.91 Å². The number of imide groups is 1. The molecule has 1 rings (SSSR count). The number of nitrogens with one attached hydrogen (secondary N) is 1. The molecule has 7 heteroatoms. The smallest absolute Gasteiger partial charge is 0.344 e. The average Bonchev–Trinajstić information content (AvgIpc) is 2.49. The quantitative estimate of drug-likeness (QED) is 0.310. The van der Waals surface area contributed by atoms with E-state index in [1.165, 1.54) is 6.21 Å². The molecule has 0 saturated carbocycles. The van der Waals surface area contributed by atoms with E-state index in [0.717, 1.165) is 16.7 Å². The van der Waals surface area contributed by atoms with Crippen LogP contribution < -0.4 is 11.2 Å². The van der Waals surface area contributed by atoms with Gasteiger partial charge < -0.3 is 5.32 Å². The van der Waals surface area contributed by atoms with Crippen molar-refractivity contribution in [3.8, 4) is 0 Å². The summed E-state index contributed by atoms with van der Waals surface area (Å²) in [4.78, 5) is 37.0. The molecule has 0 bridgehead atoms. The molecule has 0 saturated heterocycles. The van der Waals surface area contributed by atoms with E-state index in [1.54, 1.807) is 0 Å². The first-order valence-corrected chi connectivity index (χ1v) is 4.12. The number of amides is 3. The first-order valence-electron chi connectivity index (χ1n) is 4.12. The van der Waals surface area contributed by atoms with Crippen LogP contribution in [-0.2, 0) is 19.2 Å². The van der Waals surface area contributed by atoms with E-state index >= 15 is 0 Å². The van der Waals surface area contributed by atoms with Gasteiger partial charge in [-0.3, -0.25) is 9.63 Å². The lowest BCUT2D eigenvalue weighted by molar-refractivity contribution is -0.365. The second-order valence-corrected chi connectivity index (χ2v) is 2.68. The van der Waals surface area contributed by atoms with E-state index in [1.807, 2.05) is 0 Å². The molecule has 3 N–H and O–H groups in total. The molecular formula is C8H10N3O4+. The van der Waals surface area contributed by atoms with Crippen LogP contribution in [-0.4, -0.2) is 41.7 Å². The van der Waals surface area contributed by atoms with Crippen molar-refractivity contribution < 1.29 is 23.8 Å². The molecule has 0 aromatic carbocycles. The molecular weight excluding hydrogens is 202 g/mol. The van der Waals surface area contributed by atoms with Crippen molar-refractivity contribution in [3.63, 3.8) is 0 Å². The van der Waals surface area contributed by atoms with Crippen LogP contribution in [0.5, 0.6) is 0 Å². The maximum Gasteiger partial charge on any atom is 0.420 e. The number of hydrogen-bond acceptors (Lipinski definition) is 5. The molecule has 0 fully saturated rings. The first kappa shape index (κ1) is 11.2. The fraction of sp³-hybridized carbons (Fsp3) is 0.250. The minimum Gasteiger partial charge on any atom is -0.344 e. The molecule has 0 spiro atoms. The molecule has 1 aliphatic rings. The first-order chi connectivity index (χ1) is 7.15.